The first-order chi connectivity index (χ1) is 16.4. The van der Waals surface area contributed by atoms with E-state index in [-0.39, 0.29) is 11.8 Å². The Hall–Kier alpha value is -2.87. The summed E-state index contributed by atoms with van der Waals surface area (Å²) < 4.78 is 1.84. The van der Waals surface area contributed by atoms with Crippen LogP contribution in [-0.4, -0.2) is 71.8 Å². The number of amides is 2. The van der Waals surface area contributed by atoms with Gasteiger partial charge in [0.05, 0.1) is 12.2 Å². The van der Waals surface area contributed by atoms with E-state index in [1.807, 2.05) is 24.6 Å². The molecule has 0 aliphatic carbocycles. The largest absolute Gasteiger partial charge is 0.369 e. The Morgan fingerprint density at radius 1 is 1.09 bits per heavy atom. The van der Waals surface area contributed by atoms with Crippen LogP contribution in [0, 0.1) is 20.8 Å². The summed E-state index contributed by atoms with van der Waals surface area (Å²) in [6.07, 6.45) is 1.85. The molecule has 2 aliphatic rings. The predicted octanol–water partition coefficient (Wildman–Crippen LogP) is 2.65. The number of hydrogen-bond acceptors (Lipinski definition) is 5. The minimum Gasteiger partial charge on any atom is -0.369 e. The minimum atomic E-state index is -0.497. The zero-order valence-corrected chi connectivity index (χ0v) is 21.0. The third kappa shape index (κ3) is 5.27. The van der Waals surface area contributed by atoms with Gasteiger partial charge >= 0.3 is 0 Å². The normalized spacial score (nSPS) is 17.6. The molecule has 4 rings (SSSR count). The highest BCUT2D eigenvalue weighted by Crippen LogP contribution is 2.26. The molecule has 184 valence electrons. The topological polar surface area (TPSA) is 73.7 Å². The van der Waals surface area contributed by atoms with Crippen LogP contribution in [0.1, 0.15) is 43.0 Å². The first-order valence-corrected chi connectivity index (χ1v) is 12.6. The van der Waals surface area contributed by atoms with Gasteiger partial charge in [0.2, 0.25) is 11.8 Å². The number of aromatic nitrogens is 2. The third-order valence-corrected chi connectivity index (χ3v) is 6.96. The molecule has 0 bridgehead atoms. The number of nitrogens with one attached hydrogen (secondary N) is 1. The lowest BCUT2D eigenvalue weighted by Crippen LogP contribution is -2.52. The highest BCUT2D eigenvalue weighted by Gasteiger charge is 2.34. The second-order valence-corrected chi connectivity index (χ2v) is 9.57. The lowest BCUT2D eigenvalue weighted by atomic mass is 10.1. The van der Waals surface area contributed by atoms with Crippen LogP contribution in [0.3, 0.4) is 0 Å². The van der Waals surface area contributed by atoms with Crippen LogP contribution in [0.4, 0.5) is 11.5 Å². The average Bonchev–Trinajstić information content (AvgIpc) is 3.21. The van der Waals surface area contributed by atoms with Crippen molar-refractivity contribution < 1.29 is 9.59 Å². The first-order valence-electron chi connectivity index (χ1n) is 12.6. The molecule has 1 fully saturated rings. The molecule has 2 aliphatic heterocycles. The van der Waals surface area contributed by atoms with Crippen molar-refractivity contribution in [1.82, 2.24) is 20.0 Å². The lowest BCUT2D eigenvalue weighted by Gasteiger charge is -2.37. The van der Waals surface area contributed by atoms with Gasteiger partial charge in [-0.2, -0.15) is 5.10 Å². The fourth-order valence-electron chi connectivity index (χ4n) is 5.06. The zero-order valence-electron chi connectivity index (χ0n) is 21.0. The van der Waals surface area contributed by atoms with Gasteiger partial charge in [0.15, 0.2) is 0 Å². The highest BCUT2D eigenvalue weighted by molar-refractivity contribution is 6.00. The SMILES string of the molecule is CC[C@H](C(=O)NCCCN1CCN(c2cc(C)ccc2C)CC1)N1C(=O)CCn2nc(C)cc21. The summed E-state index contributed by atoms with van der Waals surface area (Å²) in [6, 6.07) is 8.05. The number of anilines is 2. The van der Waals surface area contributed by atoms with E-state index in [1.165, 1.54) is 16.8 Å². The molecule has 1 aromatic heterocycles. The van der Waals surface area contributed by atoms with Crippen LogP contribution in [0.15, 0.2) is 24.3 Å². The molecule has 1 aromatic carbocycles. The first kappa shape index (κ1) is 24.3. The van der Waals surface area contributed by atoms with Gasteiger partial charge < -0.3 is 10.2 Å². The molecule has 8 heteroatoms. The number of hydrogen-bond donors (Lipinski definition) is 1. The number of carbonyl (C=O) groups excluding carboxylic acids is 2. The van der Waals surface area contributed by atoms with Gasteiger partial charge in [-0.25, -0.2) is 4.68 Å². The summed E-state index contributed by atoms with van der Waals surface area (Å²) in [5, 5.41) is 7.53. The van der Waals surface area contributed by atoms with Gasteiger partial charge in [0.1, 0.15) is 11.9 Å². The number of rotatable bonds is 8. The molecule has 34 heavy (non-hydrogen) atoms. The molecular formula is C26H38N6O2. The number of benzene rings is 1. The van der Waals surface area contributed by atoms with Crippen LogP contribution >= 0.6 is 0 Å². The van der Waals surface area contributed by atoms with Crippen LogP contribution < -0.4 is 15.1 Å². The van der Waals surface area contributed by atoms with Crippen molar-refractivity contribution >= 4 is 23.3 Å². The van der Waals surface area contributed by atoms with Crippen LogP contribution in [0.5, 0.6) is 0 Å². The summed E-state index contributed by atoms with van der Waals surface area (Å²) in [7, 11) is 0. The molecule has 3 heterocycles. The Morgan fingerprint density at radius 3 is 2.59 bits per heavy atom. The minimum absolute atomic E-state index is 0.00359. The van der Waals surface area contributed by atoms with Crippen LogP contribution in [0.25, 0.3) is 0 Å². The maximum Gasteiger partial charge on any atom is 0.243 e. The van der Waals surface area contributed by atoms with E-state index in [0.29, 0.717) is 25.9 Å². The molecule has 2 amide bonds. The molecule has 0 unspecified atom stereocenters. The molecule has 8 nitrogen and oxygen atoms in total. The van der Waals surface area contributed by atoms with E-state index in [9.17, 15) is 9.59 Å². The number of fused-ring (bicyclic) bond motifs is 1. The van der Waals surface area contributed by atoms with E-state index in [1.54, 1.807) is 4.90 Å². The zero-order chi connectivity index (χ0) is 24.2. The van der Waals surface area contributed by atoms with E-state index in [4.69, 9.17) is 0 Å². The number of nitrogens with zero attached hydrogens (tertiary/aromatic N) is 5. The standard InChI is InChI=1S/C26H38N6O2/c1-5-22(32-24-18-21(4)28-31(24)12-9-25(32)33)26(34)27-10-6-11-29-13-15-30(16-14-29)23-17-19(2)7-8-20(23)3/h7-8,17-18,22H,5-6,9-16H2,1-4H3,(H,27,34)/t22-/m1/s1. The Bertz CT molecular complexity index is 1020. The van der Waals surface area contributed by atoms with Gasteiger partial charge in [0, 0.05) is 50.9 Å². The van der Waals surface area contributed by atoms with E-state index < -0.39 is 6.04 Å². The quantitative estimate of drug-likeness (QED) is 0.606. The fraction of sp³-hybridized carbons (Fsp3) is 0.577. The molecule has 0 radical (unpaired) electrons. The average molecular weight is 467 g/mol. The van der Waals surface area contributed by atoms with Gasteiger partial charge in [-0.1, -0.05) is 19.1 Å². The summed E-state index contributed by atoms with van der Waals surface area (Å²) in [6.45, 7) is 14.5. The second-order valence-electron chi connectivity index (χ2n) is 9.57. The summed E-state index contributed by atoms with van der Waals surface area (Å²) in [5.41, 5.74) is 4.84. The number of aryl methyl sites for hydroxylation is 4. The van der Waals surface area contributed by atoms with Crippen molar-refractivity contribution in [2.24, 2.45) is 0 Å². The maximum absolute atomic E-state index is 13.0. The third-order valence-electron chi connectivity index (χ3n) is 6.96. The second kappa shape index (κ2) is 10.6. The van der Waals surface area contributed by atoms with Crippen molar-refractivity contribution in [1.29, 1.82) is 0 Å². The maximum atomic E-state index is 13.0. The van der Waals surface area contributed by atoms with Gasteiger partial charge in [-0.3, -0.25) is 19.4 Å². The number of piperazine rings is 1. The molecule has 0 spiro atoms. The summed E-state index contributed by atoms with van der Waals surface area (Å²) in [5.74, 6) is 0.650. The van der Waals surface area contributed by atoms with Crippen LogP contribution in [0.2, 0.25) is 0 Å². The lowest BCUT2D eigenvalue weighted by molar-refractivity contribution is -0.127. The Kier molecular flexibility index (Phi) is 7.56. The van der Waals surface area contributed by atoms with Crippen molar-refractivity contribution in [2.75, 3.05) is 49.1 Å². The Labute approximate surface area is 202 Å². The van der Waals surface area contributed by atoms with Crippen molar-refractivity contribution in [2.45, 2.75) is 59.5 Å². The molecule has 1 saturated heterocycles. The Morgan fingerprint density at radius 2 is 1.85 bits per heavy atom. The van der Waals surface area contributed by atoms with E-state index in [0.717, 1.165) is 50.7 Å². The summed E-state index contributed by atoms with van der Waals surface area (Å²) >= 11 is 0. The van der Waals surface area contributed by atoms with Crippen molar-refractivity contribution in [3.05, 3.63) is 41.1 Å². The fourth-order valence-corrected chi connectivity index (χ4v) is 5.06. The van der Waals surface area contributed by atoms with Crippen molar-refractivity contribution in [3.8, 4) is 0 Å². The molecule has 2 aromatic rings. The van der Waals surface area contributed by atoms with Gasteiger partial charge in [-0.05, 0) is 57.4 Å². The summed E-state index contributed by atoms with van der Waals surface area (Å²) in [4.78, 5) is 32.3. The number of carbonyl (C=O) groups is 2. The monoisotopic (exact) mass is 466 g/mol. The smallest absolute Gasteiger partial charge is 0.243 e. The van der Waals surface area contributed by atoms with Gasteiger partial charge in [-0.15, -0.1) is 0 Å². The highest BCUT2D eigenvalue weighted by atomic mass is 16.2. The predicted molar refractivity (Wildman–Crippen MR) is 135 cm³/mol. The van der Waals surface area contributed by atoms with Crippen molar-refractivity contribution in [3.63, 3.8) is 0 Å². The van der Waals surface area contributed by atoms with Gasteiger partial charge in [0.25, 0.3) is 0 Å². The molecule has 1 atom stereocenters. The Balaban J connectivity index is 1.24. The molecular weight excluding hydrogens is 428 g/mol. The molecule has 0 saturated carbocycles. The van der Waals surface area contributed by atoms with Crippen LogP contribution in [-0.2, 0) is 16.1 Å². The molecule has 1 N–H and O–H groups in total. The van der Waals surface area contributed by atoms with E-state index in [2.05, 4.69) is 52.3 Å². The van der Waals surface area contributed by atoms with E-state index >= 15 is 0 Å².